The molecule has 0 saturated heterocycles. The number of methoxy groups -OCH3 is 1. The molecule has 0 bridgehead atoms. The molecule has 0 aliphatic heterocycles. The van der Waals surface area contributed by atoms with E-state index in [-0.39, 0.29) is 6.04 Å². The van der Waals surface area contributed by atoms with E-state index in [1.54, 1.807) is 13.4 Å². The van der Waals surface area contributed by atoms with Crippen molar-refractivity contribution in [1.29, 1.82) is 0 Å². The van der Waals surface area contributed by atoms with Gasteiger partial charge in [0.25, 0.3) is 0 Å². The molecule has 0 amide bonds. The molecule has 1 aromatic heterocycles. The molecule has 2 N–H and O–H groups in total. The average Bonchev–Trinajstić information content (AvgIpc) is 2.37. The van der Waals surface area contributed by atoms with E-state index in [1.165, 1.54) is 0 Å². The van der Waals surface area contributed by atoms with E-state index in [2.05, 4.69) is 0 Å². The number of hydrogen-bond donors (Lipinski definition) is 1. The standard InChI is InChI=1S/C9H15NO2/c1-7(10)5-9-8(6-11-2)3-4-12-9/h3-4,7H,5-6,10H2,1-2H3/t7-/m0/s1. The minimum Gasteiger partial charge on any atom is -0.469 e. The normalized spacial score (nSPS) is 13.2. The zero-order chi connectivity index (χ0) is 8.97. The largest absolute Gasteiger partial charge is 0.469 e. The van der Waals surface area contributed by atoms with Crippen molar-refractivity contribution in [1.82, 2.24) is 0 Å². The summed E-state index contributed by atoms with van der Waals surface area (Å²) < 4.78 is 10.3. The molecule has 0 radical (unpaired) electrons. The molecular weight excluding hydrogens is 154 g/mol. The van der Waals surface area contributed by atoms with E-state index in [1.807, 2.05) is 13.0 Å². The Morgan fingerprint density at radius 3 is 3.00 bits per heavy atom. The third-order valence-electron chi connectivity index (χ3n) is 1.64. The van der Waals surface area contributed by atoms with Crippen LogP contribution in [0.15, 0.2) is 16.7 Å². The maximum atomic E-state index is 5.65. The van der Waals surface area contributed by atoms with Crippen molar-refractivity contribution in [3.63, 3.8) is 0 Å². The van der Waals surface area contributed by atoms with Crippen molar-refractivity contribution in [3.8, 4) is 0 Å². The quantitative estimate of drug-likeness (QED) is 0.739. The second-order valence-electron chi connectivity index (χ2n) is 2.98. The lowest BCUT2D eigenvalue weighted by molar-refractivity contribution is 0.183. The van der Waals surface area contributed by atoms with Gasteiger partial charge < -0.3 is 14.9 Å². The van der Waals surface area contributed by atoms with E-state index < -0.39 is 0 Å². The Bertz CT molecular complexity index is 230. The minimum absolute atomic E-state index is 0.131. The summed E-state index contributed by atoms with van der Waals surface area (Å²) in [5.74, 6) is 0.937. The predicted molar refractivity (Wildman–Crippen MR) is 46.8 cm³/mol. The van der Waals surface area contributed by atoms with Crippen molar-refractivity contribution in [2.45, 2.75) is 26.0 Å². The molecule has 68 valence electrons. The van der Waals surface area contributed by atoms with Crippen LogP contribution in [0.3, 0.4) is 0 Å². The summed E-state index contributed by atoms with van der Waals surface area (Å²) in [5.41, 5.74) is 6.74. The summed E-state index contributed by atoms with van der Waals surface area (Å²) in [4.78, 5) is 0. The second-order valence-corrected chi connectivity index (χ2v) is 2.98. The molecule has 0 fully saturated rings. The van der Waals surface area contributed by atoms with Gasteiger partial charge in [0.1, 0.15) is 5.76 Å². The summed E-state index contributed by atoms with van der Waals surface area (Å²) in [6.07, 6.45) is 2.44. The van der Waals surface area contributed by atoms with Gasteiger partial charge in [-0.15, -0.1) is 0 Å². The zero-order valence-electron chi connectivity index (χ0n) is 7.54. The average molecular weight is 169 g/mol. The first-order valence-corrected chi connectivity index (χ1v) is 4.03. The Balaban J connectivity index is 2.63. The number of furan rings is 1. The lowest BCUT2D eigenvalue weighted by atomic mass is 10.1. The van der Waals surface area contributed by atoms with E-state index in [4.69, 9.17) is 14.9 Å². The van der Waals surface area contributed by atoms with Crippen molar-refractivity contribution in [3.05, 3.63) is 23.7 Å². The Labute approximate surface area is 72.5 Å². The van der Waals surface area contributed by atoms with Crippen LogP contribution in [0.25, 0.3) is 0 Å². The Hall–Kier alpha value is -0.800. The molecule has 0 spiro atoms. The van der Waals surface area contributed by atoms with Gasteiger partial charge in [-0.1, -0.05) is 0 Å². The SMILES string of the molecule is COCc1ccoc1C[C@H](C)N. The van der Waals surface area contributed by atoms with Gasteiger partial charge in [-0.3, -0.25) is 0 Å². The first-order valence-electron chi connectivity index (χ1n) is 4.03. The first-order chi connectivity index (χ1) is 5.74. The molecule has 0 saturated carbocycles. The fourth-order valence-corrected chi connectivity index (χ4v) is 1.12. The maximum absolute atomic E-state index is 5.65. The molecule has 1 heterocycles. The third kappa shape index (κ3) is 2.36. The highest BCUT2D eigenvalue weighted by Crippen LogP contribution is 2.12. The van der Waals surface area contributed by atoms with Crippen molar-refractivity contribution in [2.24, 2.45) is 5.73 Å². The Morgan fingerprint density at radius 2 is 2.42 bits per heavy atom. The van der Waals surface area contributed by atoms with E-state index >= 15 is 0 Å². The fraction of sp³-hybridized carbons (Fsp3) is 0.556. The summed E-state index contributed by atoms with van der Waals surface area (Å²) in [6.45, 7) is 2.55. The Morgan fingerprint density at radius 1 is 1.67 bits per heavy atom. The lowest BCUT2D eigenvalue weighted by Gasteiger charge is -2.03. The van der Waals surface area contributed by atoms with Gasteiger partial charge in [-0.25, -0.2) is 0 Å². The van der Waals surface area contributed by atoms with Crippen LogP contribution >= 0.6 is 0 Å². The summed E-state index contributed by atoms with van der Waals surface area (Å²) in [6, 6.07) is 2.05. The van der Waals surface area contributed by atoms with Gasteiger partial charge in [0, 0.05) is 25.1 Å². The molecule has 0 aromatic carbocycles. The predicted octanol–water partition coefficient (Wildman–Crippen LogP) is 1.32. The van der Waals surface area contributed by atoms with Gasteiger partial charge in [0.15, 0.2) is 0 Å². The van der Waals surface area contributed by atoms with Crippen LogP contribution in [0.4, 0.5) is 0 Å². The van der Waals surface area contributed by atoms with Crippen molar-refractivity contribution >= 4 is 0 Å². The van der Waals surface area contributed by atoms with Crippen molar-refractivity contribution in [2.75, 3.05) is 7.11 Å². The molecule has 0 aliphatic rings. The highest BCUT2D eigenvalue weighted by Gasteiger charge is 2.07. The smallest absolute Gasteiger partial charge is 0.110 e. The van der Waals surface area contributed by atoms with Crippen LogP contribution in [0, 0.1) is 0 Å². The molecular formula is C9H15NO2. The zero-order valence-corrected chi connectivity index (χ0v) is 7.54. The number of nitrogens with two attached hydrogens (primary N) is 1. The molecule has 1 aromatic rings. The van der Waals surface area contributed by atoms with E-state index in [0.29, 0.717) is 6.61 Å². The van der Waals surface area contributed by atoms with Gasteiger partial charge in [0.05, 0.1) is 12.9 Å². The highest BCUT2D eigenvalue weighted by atomic mass is 16.5. The Kier molecular flexibility index (Phi) is 3.31. The van der Waals surface area contributed by atoms with Crippen LogP contribution in [0.1, 0.15) is 18.2 Å². The third-order valence-corrected chi connectivity index (χ3v) is 1.64. The molecule has 12 heavy (non-hydrogen) atoms. The van der Waals surface area contributed by atoms with Crippen molar-refractivity contribution < 1.29 is 9.15 Å². The summed E-state index contributed by atoms with van der Waals surface area (Å²) in [7, 11) is 1.67. The number of ether oxygens (including phenoxy) is 1. The first kappa shape index (κ1) is 9.29. The van der Waals surface area contributed by atoms with E-state index in [0.717, 1.165) is 17.7 Å². The van der Waals surface area contributed by atoms with Gasteiger partial charge in [0.2, 0.25) is 0 Å². The minimum atomic E-state index is 0.131. The number of rotatable bonds is 4. The summed E-state index contributed by atoms with van der Waals surface area (Å²) >= 11 is 0. The van der Waals surface area contributed by atoms with E-state index in [9.17, 15) is 0 Å². The van der Waals surface area contributed by atoms with Crippen LogP contribution in [-0.4, -0.2) is 13.2 Å². The lowest BCUT2D eigenvalue weighted by Crippen LogP contribution is -2.18. The topological polar surface area (TPSA) is 48.4 Å². The van der Waals surface area contributed by atoms with Gasteiger partial charge >= 0.3 is 0 Å². The van der Waals surface area contributed by atoms with Crippen LogP contribution in [0.2, 0.25) is 0 Å². The van der Waals surface area contributed by atoms with Crippen LogP contribution in [-0.2, 0) is 17.8 Å². The molecule has 0 aliphatic carbocycles. The fourth-order valence-electron chi connectivity index (χ4n) is 1.12. The van der Waals surface area contributed by atoms with Crippen LogP contribution < -0.4 is 5.73 Å². The molecule has 1 atom stereocenters. The van der Waals surface area contributed by atoms with Gasteiger partial charge in [-0.05, 0) is 13.0 Å². The highest BCUT2D eigenvalue weighted by molar-refractivity contribution is 5.16. The second kappa shape index (κ2) is 4.28. The van der Waals surface area contributed by atoms with Crippen LogP contribution in [0.5, 0.6) is 0 Å². The number of hydrogen-bond acceptors (Lipinski definition) is 3. The monoisotopic (exact) mass is 169 g/mol. The molecule has 3 nitrogen and oxygen atoms in total. The maximum Gasteiger partial charge on any atom is 0.110 e. The molecule has 0 unspecified atom stereocenters. The summed E-state index contributed by atoms with van der Waals surface area (Å²) in [5, 5.41) is 0. The molecule has 3 heteroatoms. The van der Waals surface area contributed by atoms with Gasteiger partial charge in [-0.2, -0.15) is 0 Å². The molecule has 1 rings (SSSR count).